The Kier molecular flexibility index (Phi) is 5.22. The number of hydrogen-bond donors (Lipinski definition) is 0. The predicted molar refractivity (Wildman–Crippen MR) is 98.5 cm³/mol. The van der Waals surface area contributed by atoms with E-state index in [2.05, 4.69) is 4.98 Å². The lowest BCUT2D eigenvalue weighted by molar-refractivity contribution is 0.324. The van der Waals surface area contributed by atoms with Crippen molar-refractivity contribution in [2.45, 2.75) is 0 Å². The van der Waals surface area contributed by atoms with Crippen LogP contribution in [0.2, 0.25) is 0 Å². The largest absolute Gasteiger partial charge is 0.493 e. The molecular formula is C20H19FN2O3. The Morgan fingerprint density at radius 1 is 0.808 bits per heavy atom. The summed E-state index contributed by atoms with van der Waals surface area (Å²) in [6.45, 7) is 0. The molecule has 0 aliphatic rings. The number of ether oxygens (including phenoxy) is 3. The van der Waals surface area contributed by atoms with Gasteiger partial charge in [0.25, 0.3) is 0 Å². The van der Waals surface area contributed by atoms with E-state index in [9.17, 15) is 4.39 Å². The molecule has 0 fully saturated rings. The van der Waals surface area contributed by atoms with E-state index >= 15 is 0 Å². The molecule has 0 saturated carbocycles. The first-order chi connectivity index (χ1) is 12.7. The number of methoxy groups -OCH3 is 3. The molecule has 5 nitrogen and oxygen atoms in total. The fourth-order valence-electron chi connectivity index (χ4n) is 2.71. The van der Waals surface area contributed by atoms with Crippen molar-refractivity contribution in [3.05, 3.63) is 66.6 Å². The maximum absolute atomic E-state index is 13.9. The van der Waals surface area contributed by atoms with Crippen LogP contribution in [0.4, 0.5) is 21.6 Å². The average Bonchev–Trinajstić information content (AvgIpc) is 2.68. The summed E-state index contributed by atoms with van der Waals surface area (Å²) in [6.07, 6.45) is 1.68. The number of halogens is 1. The molecular weight excluding hydrogens is 335 g/mol. The van der Waals surface area contributed by atoms with Crippen molar-refractivity contribution in [3.8, 4) is 17.2 Å². The predicted octanol–water partition coefficient (Wildman–Crippen LogP) is 4.72. The van der Waals surface area contributed by atoms with Gasteiger partial charge in [0, 0.05) is 18.3 Å². The van der Waals surface area contributed by atoms with E-state index in [1.54, 1.807) is 51.8 Å². The molecule has 3 aromatic rings. The zero-order valence-electron chi connectivity index (χ0n) is 14.8. The van der Waals surface area contributed by atoms with Gasteiger partial charge in [0.2, 0.25) is 5.75 Å². The topological polar surface area (TPSA) is 43.8 Å². The van der Waals surface area contributed by atoms with E-state index in [0.717, 1.165) is 0 Å². The zero-order valence-corrected chi connectivity index (χ0v) is 14.8. The summed E-state index contributed by atoms with van der Waals surface area (Å²) < 4.78 is 30.1. The number of nitrogens with zero attached hydrogens (tertiary/aromatic N) is 2. The molecule has 0 unspecified atom stereocenters. The molecule has 2 aromatic carbocycles. The van der Waals surface area contributed by atoms with Crippen molar-refractivity contribution in [1.29, 1.82) is 0 Å². The molecule has 0 aliphatic heterocycles. The van der Waals surface area contributed by atoms with E-state index in [1.807, 2.05) is 23.1 Å². The molecule has 0 aliphatic carbocycles. The molecule has 0 atom stereocenters. The second-order valence-corrected chi connectivity index (χ2v) is 5.39. The van der Waals surface area contributed by atoms with Crippen LogP contribution in [0.5, 0.6) is 17.2 Å². The summed E-state index contributed by atoms with van der Waals surface area (Å²) in [7, 11) is 4.64. The van der Waals surface area contributed by atoms with Gasteiger partial charge < -0.3 is 14.2 Å². The van der Waals surface area contributed by atoms with Gasteiger partial charge in [-0.05, 0) is 30.3 Å². The van der Waals surface area contributed by atoms with Crippen LogP contribution >= 0.6 is 0 Å². The Labute approximate surface area is 151 Å². The van der Waals surface area contributed by atoms with Gasteiger partial charge in [-0.15, -0.1) is 0 Å². The highest BCUT2D eigenvalue weighted by Gasteiger charge is 2.20. The van der Waals surface area contributed by atoms with Gasteiger partial charge in [-0.25, -0.2) is 9.37 Å². The third-order valence-corrected chi connectivity index (χ3v) is 3.85. The second-order valence-electron chi connectivity index (χ2n) is 5.39. The van der Waals surface area contributed by atoms with E-state index in [-0.39, 0.29) is 5.82 Å². The Morgan fingerprint density at radius 2 is 1.54 bits per heavy atom. The van der Waals surface area contributed by atoms with Crippen molar-refractivity contribution in [2.24, 2.45) is 0 Å². The summed E-state index contributed by atoms with van der Waals surface area (Å²) in [5, 5.41) is 0. The molecule has 0 radical (unpaired) electrons. The lowest BCUT2D eigenvalue weighted by Crippen LogP contribution is -2.12. The molecule has 0 spiro atoms. The summed E-state index contributed by atoms with van der Waals surface area (Å²) >= 11 is 0. The van der Waals surface area contributed by atoms with E-state index in [4.69, 9.17) is 14.2 Å². The van der Waals surface area contributed by atoms with Gasteiger partial charge in [0.1, 0.15) is 11.6 Å². The first-order valence-corrected chi connectivity index (χ1v) is 7.94. The molecule has 0 bridgehead atoms. The van der Waals surface area contributed by atoms with Gasteiger partial charge >= 0.3 is 0 Å². The molecule has 0 saturated heterocycles. The third-order valence-electron chi connectivity index (χ3n) is 3.85. The van der Waals surface area contributed by atoms with Crippen LogP contribution in [0, 0.1) is 5.82 Å². The Bertz CT molecular complexity index is 862. The minimum Gasteiger partial charge on any atom is -0.493 e. The van der Waals surface area contributed by atoms with Crippen molar-refractivity contribution >= 4 is 17.2 Å². The van der Waals surface area contributed by atoms with Gasteiger partial charge in [0.15, 0.2) is 11.5 Å². The Hall–Kier alpha value is -3.28. The molecule has 0 N–H and O–H groups in total. The maximum Gasteiger partial charge on any atom is 0.203 e. The summed E-state index contributed by atoms with van der Waals surface area (Å²) in [5.41, 5.74) is 1.32. The summed E-state index contributed by atoms with van der Waals surface area (Å²) in [5.74, 6) is 1.78. The highest BCUT2D eigenvalue weighted by Crippen LogP contribution is 2.44. The molecule has 1 aromatic heterocycles. The smallest absolute Gasteiger partial charge is 0.203 e. The standard InChI is InChI=1S/C20H19FN2O3/c1-24-17-12-16(13-18(25-2)20(17)26-3)23(19-9-4-5-10-22-19)15-8-6-7-14(21)11-15/h4-13H,1-3H3. The molecule has 6 heteroatoms. The summed E-state index contributed by atoms with van der Waals surface area (Å²) in [4.78, 5) is 6.22. The number of benzene rings is 2. The molecule has 3 rings (SSSR count). The highest BCUT2D eigenvalue weighted by molar-refractivity contribution is 5.77. The third kappa shape index (κ3) is 3.39. The van der Waals surface area contributed by atoms with Gasteiger partial charge in [-0.1, -0.05) is 12.1 Å². The first-order valence-electron chi connectivity index (χ1n) is 7.94. The van der Waals surface area contributed by atoms with Crippen molar-refractivity contribution < 1.29 is 18.6 Å². The second kappa shape index (κ2) is 7.74. The fourth-order valence-corrected chi connectivity index (χ4v) is 2.71. The number of anilines is 3. The van der Waals surface area contributed by atoms with Crippen molar-refractivity contribution in [2.75, 3.05) is 26.2 Å². The van der Waals surface area contributed by atoms with Crippen molar-refractivity contribution in [1.82, 2.24) is 4.98 Å². The Balaban J connectivity index is 2.22. The van der Waals surface area contributed by atoms with Crippen LogP contribution in [-0.4, -0.2) is 26.3 Å². The normalized spacial score (nSPS) is 10.3. The van der Waals surface area contributed by atoms with E-state index in [1.165, 1.54) is 12.1 Å². The average molecular weight is 354 g/mol. The van der Waals surface area contributed by atoms with Gasteiger partial charge in [0.05, 0.1) is 32.7 Å². The molecule has 1 heterocycles. The first kappa shape index (κ1) is 17.5. The lowest BCUT2D eigenvalue weighted by atomic mass is 10.2. The van der Waals surface area contributed by atoms with Crippen LogP contribution in [0.15, 0.2) is 60.8 Å². The molecule has 0 amide bonds. The fraction of sp³-hybridized carbons (Fsp3) is 0.150. The number of aromatic nitrogens is 1. The number of rotatable bonds is 6. The van der Waals surface area contributed by atoms with E-state index < -0.39 is 0 Å². The van der Waals surface area contributed by atoms with Crippen LogP contribution < -0.4 is 19.1 Å². The van der Waals surface area contributed by atoms with Crippen molar-refractivity contribution in [3.63, 3.8) is 0 Å². The van der Waals surface area contributed by atoms with E-state index in [0.29, 0.717) is 34.4 Å². The quantitative estimate of drug-likeness (QED) is 0.641. The summed E-state index contributed by atoms with van der Waals surface area (Å²) in [6, 6.07) is 15.4. The molecule has 26 heavy (non-hydrogen) atoms. The minimum atomic E-state index is -0.337. The van der Waals surface area contributed by atoms with Crippen LogP contribution in [0.3, 0.4) is 0 Å². The highest BCUT2D eigenvalue weighted by atomic mass is 19.1. The Morgan fingerprint density at radius 3 is 2.08 bits per heavy atom. The van der Waals surface area contributed by atoms with Crippen LogP contribution in [0.25, 0.3) is 0 Å². The number of hydrogen-bond acceptors (Lipinski definition) is 5. The number of pyridine rings is 1. The maximum atomic E-state index is 13.9. The van der Waals surface area contributed by atoms with Crippen LogP contribution in [0.1, 0.15) is 0 Å². The lowest BCUT2D eigenvalue weighted by Gasteiger charge is -2.25. The minimum absolute atomic E-state index is 0.337. The van der Waals surface area contributed by atoms with Gasteiger partial charge in [-0.2, -0.15) is 0 Å². The molecule has 134 valence electrons. The van der Waals surface area contributed by atoms with Crippen LogP contribution in [-0.2, 0) is 0 Å². The zero-order chi connectivity index (χ0) is 18.5. The van der Waals surface area contributed by atoms with Gasteiger partial charge in [-0.3, -0.25) is 4.90 Å². The monoisotopic (exact) mass is 354 g/mol. The SMILES string of the molecule is COc1cc(N(c2cccc(F)c2)c2ccccn2)cc(OC)c1OC.